The van der Waals surface area contributed by atoms with Crippen molar-refractivity contribution in [3.63, 3.8) is 0 Å². The van der Waals surface area contributed by atoms with Gasteiger partial charge in [-0.15, -0.1) is 10.2 Å². The summed E-state index contributed by atoms with van der Waals surface area (Å²) in [7, 11) is 0. The molecule has 2 aromatic rings. The van der Waals surface area contributed by atoms with Crippen molar-refractivity contribution in [2.75, 3.05) is 31.1 Å². The number of amides is 1. The molecule has 1 N–H and O–H groups in total. The number of nitrogens with one attached hydrogen (secondary N) is 1. The van der Waals surface area contributed by atoms with Gasteiger partial charge in [-0.2, -0.15) is 0 Å². The van der Waals surface area contributed by atoms with Gasteiger partial charge in [0.15, 0.2) is 0 Å². The fraction of sp³-hybridized carbons (Fsp3) is 0.588. The van der Waals surface area contributed by atoms with E-state index in [2.05, 4.69) is 20.4 Å². The van der Waals surface area contributed by atoms with Crippen molar-refractivity contribution in [1.29, 1.82) is 0 Å². The molecule has 134 valence electrons. The molecule has 0 bridgehead atoms. The van der Waals surface area contributed by atoms with Crippen LogP contribution in [0.2, 0.25) is 0 Å². The maximum atomic E-state index is 12.5. The van der Waals surface area contributed by atoms with Crippen LogP contribution in [-0.2, 0) is 9.53 Å². The first kappa shape index (κ1) is 16.5. The molecule has 0 radical (unpaired) electrons. The number of aromatic nitrogens is 3. The average Bonchev–Trinajstić information content (AvgIpc) is 3.41. The standard InChI is InChI=1S/C17H23N5O2S/c23-15(18-11-14-6-4-10-24-14)13-5-3-9-22(12-13)17-20-19-16(25-17)21-7-1-2-8-21/h1-2,7-8,13-14H,3-6,9-12H2,(H,18,23). The van der Waals surface area contributed by atoms with Gasteiger partial charge in [-0.1, -0.05) is 11.3 Å². The maximum Gasteiger partial charge on any atom is 0.224 e. The van der Waals surface area contributed by atoms with Crippen molar-refractivity contribution in [3.8, 4) is 5.13 Å². The van der Waals surface area contributed by atoms with Crippen LogP contribution in [0.4, 0.5) is 5.13 Å². The SMILES string of the molecule is O=C(NCC1CCCO1)C1CCCN(c2nnc(-n3cccc3)s2)C1. The van der Waals surface area contributed by atoms with Crippen molar-refractivity contribution < 1.29 is 9.53 Å². The molecule has 2 aliphatic rings. The van der Waals surface area contributed by atoms with Crippen molar-refractivity contribution >= 4 is 22.4 Å². The molecule has 7 nitrogen and oxygen atoms in total. The topological polar surface area (TPSA) is 72.3 Å². The van der Waals surface area contributed by atoms with Gasteiger partial charge >= 0.3 is 0 Å². The highest BCUT2D eigenvalue weighted by Gasteiger charge is 2.28. The zero-order chi connectivity index (χ0) is 17.1. The van der Waals surface area contributed by atoms with E-state index in [9.17, 15) is 4.79 Å². The van der Waals surface area contributed by atoms with E-state index in [1.54, 1.807) is 11.3 Å². The Kier molecular flexibility index (Phi) is 4.98. The number of rotatable bonds is 5. The van der Waals surface area contributed by atoms with Crippen LogP contribution in [0.15, 0.2) is 24.5 Å². The molecule has 2 saturated heterocycles. The summed E-state index contributed by atoms with van der Waals surface area (Å²) < 4.78 is 7.53. The zero-order valence-corrected chi connectivity index (χ0v) is 15.0. The van der Waals surface area contributed by atoms with Crippen LogP contribution < -0.4 is 10.2 Å². The Morgan fingerprint density at radius 1 is 1.24 bits per heavy atom. The fourth-order valence-corrected chi connectivity index (χ4v) is 4.28. The molecule has 2 fully saturated rings. The number of hydrogen-bond donors (Lipinski definition) is 1. The number of piperidine rings is 1. The lowest BCUT2D eigenvalue weighted by Gasteiger charge is -2.31. The predicted octanol–water partition coefficient (Wildman–Crippen LogP) is 1.84. The third kappa shape index (κ3) is 3.85. The number of nitrogens with zero attached hydrogens (tertiary/aromatic N) is 4. The highest BCUT2D eigenvalue weighted by molar-refractivity contribution is 7.17. The Balaban J connectivity index is 1.35. The minimum Gasteiger partial charge on any atom is -0.376 e. The normalized spacial score (nSPS) is 23.8. The Hall–Kier alpha value is -1.93. The number of hydrogen-bond acceptors (Lipinski definition) is 6. The van der Waals surface area contributed by atoms with E-state index >= 15 is 0 Å². The van der Waals surface area contributed by atoms with Gasteiger partial charge in [0.2, 0.25) is 16.2 Å². The second-order valence-electron chi connectivity index (χ2n) is 6.62. The molecule has 2 aliphatic heterocycles. The summed E-state index contributed by atoms with van der Waals surface area (Å²) in [4.78, 5) is 14.7. The number of ether oxygens (including phenoxy) is 1. The molecule has 2 atom stereocenters. The quantitative estimate of drug-likeness (QED) is 0.880. The van der Waals surface area contributed by atoms with Gasteiger partial charge in [0.1, 0.15) is 0 Å². The van der Waals surface area contributed by atoms with Gasteiger partial charge in [-0.05, 0) is 37.8 Å². The monoisotopic (exact) mass is 361 g/mol. The van der Waals surface area contributed by atoms with E-state index in [1.807, 2.05) is 29.1 Å². The lowest BCUT2D eigenvalue weighted by Crippen LogP contribution is -2.44. The van der Waals surface area contributed by atoms with Crippen LogP contribution in [0.1, 0.15) is 25.7 Å². The molecule has 1 amide bonds. The molecule has 4 rings (SSSR count). The highest BCUT2D eigenvalue weighted by Crippen LogP contribution is 2.28. The Morgan fingerprint density at radius 3 is 2.88 bits per heavy atom. The first-order valence-electron chi connectivity index (χ1n) is 8.91. The fourth-order valence-electron chi connectivity index (χ4n) is 3.43. The first-order chi connectivity index (χ1) is 12.3. The summed E-state index contributed by atoms with van der Waals surface area (Å²) in [6, 6.07) is 3.94. The molecule has 0 aromatic carbocycles. The van der Waals surface area contributed by atoms with Crippen LogP contribution in [0.3, 0.4) is 0 Å². The third-order valence-corrected chi connectivity index (χ3v) is 5.82. The Bertz CT molecular complexity index is 696. The van der Waals surface area contributed by atoms with E-state index in [4.69, 9.17) is 4.74 Å². The van der Waals surface area contributed by atoms with E-state index in [0.29, 0.717) is 13.1 Å². The summed E-state index contributed by atoms with van der Waals surface area (Å²) in [5.41, 5.74) is 0. The molecule has 4 heterocycles. The molecule has 0 aliphatic carbocycles. The third-order valence-electron chi connectivity index (χ3n) is 4.82. The Labute approximate surface area is 151 Å². The lowest BCUT2D eigenvalue weighted by molar-refractivity contribution is -0.125. The molecular formula is C17H23N5O2S. The van der Waals surface area contributed by atoms with Crippen molar-refractivity contribution in [1.82, 2.24) is 20.1 Å². The largest absolute Gasteiger partial charge is 0.376 e. The zero-order valence-electron chi connectivity index (χ0n) is 14.1. The van der Waals surface area contributed by atoms with E-state index in [-0.39, 0.29) is 17.9 Å². The summed E-state index contributed by atoms with van der Waals surface area (Å²) in [5, 5.41) is 13.4. The van der Waals surface area contributed by atoms with E-state index in [0.717, 1.165) is 49.1 Å². The predicted molar refractivity (Wildman–Crippen MR) is 96.2 cm³/mol. The van der Waals surface area contributed by atoms with Crippen LogP contribution >= 0.6 is 11.3 Å². The first-order valence-corrected chi connectivity index (χ1v) is 9.72. The van der Waals surface area contributed by atoms with Crippen molar-refractivity contribution in [2.45, 2.75) is 31.8 Å². The molecular weight excluding hydrogens is 338 g/mol. The second kappa shape index (κ2) is 7.53. The van der Waals surface area contributed by atoms with Gasteiger partial charge in [0.25, 0.3) is 0 Å². The smallest absolute Gasteiger partial charge is 0.224 e. The molecule has 0 spiro atoms. The number of carbonyl (C=O) groups is 1. The van der Waals surface area contributed by atoms with Crippen molar-refractivity contribution in [3.05, 3.63) is 24.5 Å². The van der Waals surface area contributed by atoms with Gasteiger partial charge in [-0.25, -0.2) is 0 Å². The van der Waals surface area contributed by atoms with Crippen LogP contribution in [0.5, 0.6) is 0 Å². The minimum absolute atomic E-state index is 0.00841. The minimum atomic E-state index is 0.00841. The molecule has 25 heavy (non-hydrogen) atoms. The van der Waals surface area contributed by atoms with Crippen LogP contribution in [0.25, 0.3) is 5.13 Å². The van der Waals surface area contributed by atoms with Crippen LogP contribution in [0, 0.1) is 5.92 Å². The van der Waals surface area contributed by atoms with E-state index in [1.165, 1.54) is 0 Å². The summed E-state index contributed by atoms with van der Waals surface area (Å²) in [5.74, 6) is 0.143. The Morgan fingerprint density at radius 2 is 2.08 bits per heavy atom. The summed E-state index contributed by atoms with van der Waals surface area (Å²) in [6.45, 7) is 3.08. The van der Waals surface area contributed by atoms with Crippen molar-refractivity contribution in [2.24, 2.45) is 5.92 Å². The number of carbonyl (C=O) groups excluding carboxylic acids is 1. The summed E-state index contributed by atoms with van der Waals surface area (Å²) in [6.07, 6.45) is 8.18. The maximum absolute atomic E-state index is 12.5. The molecule has 8 heteroatoms. The molecule has 0 saturated carbocycles. The average molecular weight is 361 g/mol. The second-order valence-corrected chi connectivity index (χ2v) is 7.56. The van der Waals surface area contributed by atoms with E-state index < -0.39 is 0 Å². The van der Waals surface area contributed by atoms with Gasteiger partial charge in [-0.3, -0.25) is 9.36 Å². The lowest BCUT2D eigenvalue weighted by atomic mass is 9.97. The summed E-state index contributed by atoms with van der Waals surface area (Å²) >= 11 is 1.56. The molecule has 2 unspecified atom stereocenters. The van der Waals surface area contributed by atoms with Crippen LogP contribution in [-0.4, -0.2) is 53.0 Å². The molecule has 2 aromatic heterocycles. The van der Waals surface area contributed by atoms with Gasteiger partial charge < -0.3 is 15.0 Å². The number of anilines is 1. The van der Waals surface area contributed by atoms with Gasteiger partial charge in [0, 0.05) is 38.6 Å². The highest BCUT2D eigenvalue weighted by atomic mass is 32.1. The van der Waals surface area contributed by atoms with Gasteiger partial charge in [0.05, 0.1) is 12.0 Å².